The first-order chi connectivity index (χ1) is 10.1. The minimum Gasteiger partial charge on any atom is -0.462 e. The van der Waals surface area contributed by atoms with Crippen LogP contribution in [0.15, 0.2) is 29.3 Å². The minimum absolute atomic E-state index is 0.364. The Labute approximate surface area is 126 Å². The third kappa shape index (κ3) is 3.63. The molecular formula is C13H15NO6S. The highest BCUT2D eigenvalue weighted by molar-refractivity contribution is 7.78. The van der Waals surface area contributed by atoms with Gasteiger partial charge < -0.3 is 29.9 Å². The Bertz CT molecular complexity index is 516. The van der Waals surface area contributed by atoms with E-state index in [0.29, 0.717) is 11.4 Å². The van der Waals surface area contributed by atoms with Crippen LogP contribution in [0.25, 0.3) is 0 Å². The van der Waals surface area contributed by atoms with E-state index in [1.165, 1.54) is 0 Å². The molecule has 5 atom stereocenters. The molecule has 1 aromatic carbocycles. The van der Waals surface area contributed by atoms with E-state index in [4.69, 9.17) is 14.6 Å². The maximum absolute atomic E-state index is 9.84. The molecule has 0 bridgehead atoms. The largest absolute Gasteiger partial charge is 0.462 e. The number of rotatable bonds is 4. The molecule has 1 heterocycles. The van der Waals surface area contributed by atoms with E-state index < -0.39 is 37.3 Å². The monoisotopic (exact) mass is 313 g/mol. The fourth-order valence-electron chi connectivity index (χ4n) is 1.95. The smallest absolute Gasteiger partial charge is 0.229 e. The van der Waals surface area contributed by atoms with E-state index in [0.717, 1.165) is 0 Å². The normalized spacial score (nSPS) is 32.3. The van der Waals surface area contributed by atoms with Crippen LogP contribution in [0.1, 0.15) is 0 Å². The van der Waals surface area contributed by atoms with Crippen molar-refractivity contribution in [3.63, 3.8) is 0 Å². The zero-order chi connectivity index (χ0) is 15.4. The van der Waals surface area contributed by atoms with Gasteiger partial charge in [-0.05, 0) is 36.5 Å². The molecular weight excluding hydrogens is 298 g/mol. The summed E-state index contributed by atoms with van der Waals surface area (Å²) in [5, 5.41) is 40.5. The van der Waals surface area contributed by atoms with E-state index >= 15 is 0 Å². The number of benzene rings is 1. The average Bonchev–Trinajstić information content (AvgIpc) is 2.50. The van der Waals surface area contributed by atoms with Gasteiger partial charge in [0.1, 0.15) is 30.2 Å². The van der Waals surface area contributed by atoms with Gasteiger partial charge in [-0.1, -0.05) is 0 Å². The predicted octanol–water partition coefficient (Wildman–Crippen LogP) is -0.400. The summed E-state index contributed by atoms with van der Waals surface area (Å²) in [6.45, 7) is -0.507. The number of aliphatic hydroxyl groups is 4. The van der Waals surface area contributed by atoms with Crippen molar-refractivity contribution >= 4 is 23.1 Å². The summed E-state index contributed by atoms with van der Waals surface area (Å²) in [4.78, 5) is 3.78. The third-order valence-electron chi connectivity index (χ3n) is 3.11. The third-order valence-corrected chi connectivity index (χ3v) is 3.20. The maximum Gasteiger partial charge on any atom is 0.229 e. The van der Waals surface area contributed by atoms with Gasteiger partial charge in [0.2, 0.25) is 6.29 Å². The van der Waals surface area contributed by atoms with Crippen LogP contribution in [0.5, 0.6) is 5.75 Å². The van der Waals surface area contributed by atoms with Gasteiger partial charge >= 0.3 is 0 Å². The number of ether oxygens (including phenoxy) is 2. The molecule has 0 unspecified atom stereocenters. The number of aliphatic imine (C=N–C) groups is 1. The van der Waals surface area contributed by atoms with E-state index in [-0.39, 0.29) is 0 Å². The number of aliphatic hydroxyl groups excluding tert-OH is 4. The summed E-state index contributed by atoms with van der Waals surface area (Å²) in [5.74, 6) is 0.364. The molecule has 7 nitrogen and oxygen atoms in total. The second kappa shape index (κ2) is 7.06. The molecule has 0 aromatic heterocycles. The first-order valence-electron chi connectivity index (χ1n) is 6.22. The number of hydrogen-bond acceptors (Lipinski definition) is 8. The summed E-state index contributed by atoms with van der Waals surface area (Å²) >= 11 is 4.49. The van der Waals surface area contributed by atoms with Gasteiger partial charge in [0.15, 0.2) is 0 Å². The van der Waals surface area contributed by atoms with Crippen LogP contribution < -0.4 is 4.74 Å². The molecule has 0 amide bonds. The number of hydrogen-bond donors (Lipinski definition) is 4. The predicted molar refractivity (Wildman–Crippen MR) is 75.5 cm³/mol. The lowest BCUT2D eigenvalue weighted by Gasteiger charge is -2.39. The Morgan fingerprint density at radius 3 is 2.38 bits per heavy atom. The van der Waals surface area contributed by atoms with Crippen LogP contribution in [-0.2, 0) is 4.74 Å². The molecule has 1 fully saturated rings. The molecule has 1 aliphatic rings. The Morgan fingerprint density at radius 1 is 1.14 bits per heavy atom. The molecule has 8 heteroatoms. The molecule has 1 aromatic rings. The molecule has 0 spiro atoms. The Kier molecular flexibility index (Phi) is 5.38. The first kappa shape index (κ1) is 16.0. The Balaban J connectivity index is 2.08. The summed E-state index contributed by atoms with van der Waals surface area (Å²) in [6, 6.07) is 6.40. The van der Waals surface area contributed by atoms with Gasteiger partial charge in [0.05, 0.1) is 17.5 Å². The van der Waals surface area contributed by atoms with Gasteiger partial charge in [0, 0.05) is 0 Å². The molecule has 2 rings (SSSR count). The highest BCUT2D eigenvalue weighted by Gasteiger charge is 2.44. The topological polar surface area (TPSA) is 112 Å². The first-order valence-corrected chi connectivity index (χ1v) is 6.62. The van der Waals surface area contributed by atoms with Gasteiger partial charge in [-0.3, -0.25) is 0 Å². The maximum atomic E-state index is 9.84. The van der Waals surface area contributed by atoms with E-state index in [1.54, 1.807) is 24.3 Å². The number of nitrogens with zero attached hydrogens (tertiary/aromatic N) is 1. The lowest BCUT2D eigenvalue weighted by molar-refractivity contribution is -0.277. The van der Waals surface area contributed by atoms with Crippen LogP contribution in [0.3, 0.4) is 0 Å². The van der Waals surface area contributed by atoms with Crippen molar-refractivity contribution in [2.45, 2.75) is 30.7 Å². The zero-order valence-corrected chi connectivity index (χ0v) is 11.7. The van der Waals surface area contributed by atoms with E-state index in [9.17, 15) is 15.3 Å². The van der Waals surface area contributed by atoms with Gasteiger partial charge in [0.25, 0.3) is 0 Å². The molecule has 1 aliphatic heterocycles. The fourth-order valence-corrected chi connectivity index (χ4v) is 2.06. The second-order valence-electron chi connectivity index (χ2n) is 4.51. The Morgan fingerprint density at radius 2 is 1.81 bits per heavy atom. The van der Waals surface area contributed by atoms with Crippen molar-refractivity contribution in [1.29, 1.82) is 0 Å². The SMILES string of the molecule is OC[C@@H]1O[C@H](Oc2ccc(N=C=S)cc2)[C@@H](O)[C@H](O)[C@H]1O. The van der Waals surface area contributed by atoms with Crippen molar-refractivity contribution < 1.29 is 29.9 Å². The quantitative estimate of drug-likeness (QED) is 0.442. The standard InChI is InChI=1S/C13H15NO6S/c15-5-9-10(16)11(17)12(18)13(20-9)19-8-3-1-7(2-4-8)14-6-21/h1-4,9-13,15-18H,5H2/t9-,10-,11+,12-,13-/m0/s1. The van der Waals surface area contributed by atoms with Crippen molar-refractivity contribution in [2.24, 2.45) is 4.99 Å². The lowest BCUT2D eigenvalue weighted by atomic mass is 9.99. The lowest BCUT2D eigenvalue weighted by Crippen LogP contribution is -2.60. The molecule has 21 heavy (non-hydrogen) atoms. The number of thiocarbonyl (C=S) groups is 1. The van der Waals surface area contributed by atoms with Crippen molar-refractivity contribution in [2.75, 3.05) is 6.61 Å². The van der Waals surface area contributed by atoms with Crippen LogP contribution in [0.4, 0.5) is 5.69 Å². The van der Waals surface area contributed by atoms with Crippen LogP contribution in [0.2, 0.25) is 0 Å². The van der Waals surface area contributed by atoms with Crippen molar-refractivity contribution in [1.82, 2.24) is 0 Å². The molecule has 1 saturated heterocycles. The molecule has 114 valence electrons. The summed E-state index contributed by atoms with van der Waals surface area (Å²) in [7, 11) is 0. The van der Waals surface area contributed by atoms with Gasteiger partial charge in [-0.2, -0.15) is 4.99 Å². The Hall–Kier alpha value is -1.38. The minimum atomic E-state index is -1.47. The van der Waals surface area contributed by atoms with Crippen molar-refractivity contribution in [3.05, 3.63) is 24.3 Å². The summed E-state index contributed by atoms with van der Waals surface area (Å²) in [6.07, 6.45) is -6.54. The molecule has 0 radical (unpaired) electrons. The van der Waals surface area contributed by atoms with Crippen molar-refractivity contribution in [3.8, 4) is 5.75 Å². The summed E-state index contributed by atoms with van der Waals surface area (Å²) < 4.78 is 10.6. The second-order valence-corrected chi connectivity index (χ2v) is 4.69. The molecule has 4 N–H and O–H groups in total. The average molecular weight is 313 g/mol. The van der Waals surface area contributed by atoms with Crippen LogP contribution in [-0.4, -0.2) is 62.9 Å². The highest BCUT2D eigenvalue weighted by atomic mass is 32.1. The van der Waals surface area contributed by atoms with E-state index in [1.807, 2.05) is 0 Å². The highest BCUT2D eigenvalue weighted by Crippen LogP contribution is 2.25. The van der Waals surface area contributed by atoms with Crippen LogP contribution >= 0.6 is 12.2 Å². The van der Waals surface area contributed by atoms with Gasteiger partial charge in [-0.25, -0.2) is 0 Å². The molecule has 0 saturated carbocycles. The van der Waals surface area contributed by atoms with Gasteiger partial charge in [-0.15, -0.1) is 0 Å². The molecule has 0 aliphatic carbocycles. The summed E-state index contributed by atoms with van der Waals surface area (Å²) in [5.41, 5.74) is 0.589. The zero-order valence-electron chi connectivity index (χ0n) is 10.9. The number of isothiocyanates is 1. The van der Waals surface area contributed by atoms with Crippen LogP contribution in [0, 0.1) is 0 Å². The van der Waals surface area contributed by atoms with E-state index in [2.05, 4.69) is 22.4 Å². The fraction of sp³-hybridized carbons (Fsp3) is 0.462.